The lowest BCUT2D eigenvalue weighted by molar-refractivity contribution is 0.310. The van der Waals surface area contributed by atoms with Crippen LogP contribution in [0.3, 0.4) is 0 Å². The molecule has 0 bridgehead atoms. The van der Waals surface area contributed by atoms with Crippen LogP contribution in [-0.2, 0) is 10.0 Å². The molecule has 1 aromatic carbocycles. The highest BCUT2D eigenvalue weighted by atomic mass is 79.9. The van der Waals surface area contributed by atoms with E-state index in [9.17, 15) is 8.42 Å². The number of sulfonamides is 1. The van der Waals surface area contributed by atoms with Gasteiger partial charge in [0.25, 0.3) is 0 Å². The largest absolute Gasteiger partial charge is 0.246 e. The zero-order chi connectivity index (χ0) is 14.9. The average molecular weight is 398 g/mol. The topological polar surface area (TPSA) is 61.2 Å². The zero-order valence-corrected chi connectivity index (χ0v) is 14.2. The molecule has 1 aliphatic heterocycles. The van der Waals surface area contributed by atoms with Gasteiger partial charge in [-0.3, -0.25) is 0 Å². The molecule has 0 amide bonds. The molecule has 108 valence electrons. The minimum Gasteiger partial charge on any atom is -0.207 e. The lowest BCUT2D eigenvalue weighted by atomic mass is 10.0. The monoisotopic (exact) mass is 396 g/mol. The van der Waals surface area contributed by atoms with E-state index in [0.29, 0.717) is 30.4 Å². The van der Waals surface area contributed by atoms with E-state index in [1.807, 2.05) is 0 Å². The Balaban J connectivity index is 2.35. The van der Waals surface area contributed by atoms with Crippen LogP contribution in [0.1, 0.15) is 12.8 Å². The summed E-state index contributed by atoms with van der Waals surface area (Å²) in [6.07, 6.45) is 1.06. The maximum absolute atomic E-state index is 12.6. The van der Waals surface area contributed by atoms with Gasteiger partial charge >= 0.3 is 0 Å². The standard InChI is InChI=1S/C12H11BrCl2N2O2S/c13-9-5-10(14)12(11(15)6-9)20(18,19)17-3-1-8(7-16)2-4-17/h5-6,8H,1-4H2. The van der Waals surface area contributed by atoms with Gasteiger partial charge in [0.2, 0.25) is 10.0 Å². The van der Waals surface area contributed by atoms with Gasteiger partial charge in [-0.2, -0.15) is 9.57 Å². The van der Waals surface area contributed by atoms with E-state index < -0.39 is 10.0 Å². The molecule has 1 aromatic rings. The lowest BCUT2D eigenvalue weighted by Crippen LogP contribution is -2.38. The summed E-state index contributed by atoms with van der Waals surface area (Å²) in [5.41, 5.74) is 0. The predicted molar refractivity (Wildman–Crippen MR) is 81.3 cm³/mol. The van der Waals surface area contributed by atoms with Crippen LogP contribution >= 0.6 is 39.1 Å². The smallest absolute Gasteiger partial charge is 0.207 e. The summed E-state index contributed by atoms with van der Waals surface area (Å²) < 4.78 is 27.1. The van der Waals surface area contributed by atoms with Crippen LogP contribution in [0.2, 0.25) is 10.0 Å². The van der Waals surface area contributed by atoms with Crippen LogP contribution in [-0.4, -0.2) is 25.8 Å². The second-order valence-corrected chi connectivity index (χ2v) is 8.11. The molecule has 8 heteroatoms. The van der Waals surface area contributed by atoms with Gasteiger partial charge < -0.3 is 0 Å². The van der Waals surface area contributed by atoms with E-state index in [-0.39, 0.29) is 20.9 Å². The van der Waals surface area contributed by atoms with Gasteiger partial charge in [-0.1, -0.05) is 39.1 Å². The minimum absolute atomic E-state index is 0.0700. The molecule has 0 spiro atoms. The first-order valence-electron chi connectivity index (χ1n) is 5.90. The first-order valence-corrected chi connectivity index (χ1v) is 8.89. The summed E-state index contributed by atoms with van der Waals surface area (Å²) in [5.74, 6) is -0.0858. The van der Waals surface area contributed by atoms with E-state index in [1.165, 1.54) is 16.4 Å². The van der Waals surface area contributed by atoms with Gasteiger partial charge in [-0.25, -0.2) is 8.42 Å². The Morgan fingerprint density at radius 1 is 1.25 bits per heavy atom. The van der Waals surface area contributed by atoms with Crippen molar-refractivity contribution in [3.8, 4) is 6.07 Å². The number of rotatable bonds is 2. The van der Waals surface area contributed by atoms with Gasteiger partial charge in [0.05, 0.1) is 16.1 Å². The Morgan fingerprint density at radius 2 is 1.75 bits per heavy atom. The van der Waals surface area contributed by atoms with Gasteiger partial charge in [0, 0.05) is 23.5 Å². The third-order valence-electron chi connectivity index (χ3n) is 3.20. The van der Waals surface area contributed by atoms with Crippen LogP contribution in [0.4, 0.5) is 0 Å². The molecule has 1 fully saturated rings. The van der Waals surface area contributed by atoms with Crippen molar-refractivity contribution >= 4 is 49.2 Å². The molecular formula is C12H11BrCl2N2O2S. The maximum atomic E-state index is 12.6. The second kappa shape index (κ2) is 6.20. The van der Waals surface area contributed by atoms with E-state index in [1.54, 1.807) is 0 Å². The number of hydrogen-bond donors (Lipinski definition) is 0. The lowest BCUT2D eigenvalue weighted by Gasteiger charge is -2.28. The van der Waals surface area contributed by atoms with Crippen molar-refractivity contribution in [3.63, 3.8) is 0 Å². The number of halogens is 3. The number of nitrogens with zero attached hydrogens (tertiary/aromatic N) is 2. The number of benzene rings is 1. The van der Waals surface area contributed by atoms with Gasteiger partial charge in [-0.15, -0.1) is 0 Å². The van der Waals surface area contributed by atoms with Crippen molar-refractivity contribution < 1.29 is 8.42 Å². The third kappa shape index (κ3) is 3.12. The minimum atomic E-state index is -3.73. The summed E-state index contributed by atoms with van der Waals surface area (Å²) in [4.78, 5) is -0.0700. The second-order valence-electron chi connectivity index (χ2n) is 4.51. The molecule has 20 heavy (non-hydrogen) atoms. The fraction of sp³-hybridized carbons (Fsp3) is 0.417. The quantitative estimate of drug-likeness (QED) is 0.764. The molecule has 0 radical (unpaired) electrons. The SMILES string of the molecule is N#CC1CCN(S(=O)(=O)c2c(Cl)cc(Br)cc2Cl)CC1. The zero-order valence-electron chi connectivity index (χ0n) is 10.3. The fourth-order valence-corrected chi connectivity index (χ4v) is 5.48. The molecular weight excluding hydrogens is 387 g/mol. The molecule has 0 unspecified atom stereocenters. The van der Waals surface area contributed by atoms with E-state index in [4.69, 9.17) is 28.5 Å². The Morgan fingerprint density at radius 3 is 2.20 bits per heavy atom. The van der Waals surface area contributed by atoms with Gasteiger partial charge in [-0.05, 0) is 25.0 Å². The van der Waals surface area contributed by atoms with E-state index in [0.717, 1.165) is 0 Å². The van der Waals surface area contributed by atoms with E-state index in [2.05, 4.69) is 22.0 Å². The molecule has 1 aliphatic rings. The number of nitriles is 1. The first kappa shape index (κ1) is 16.1. The average Bonchev–Trinajstić information content (AvgIpc) is 2.37. The fourth-order valence-electron chi connectivity index (χ4n) is 2.13. The number of piperidine rings is 1. The van der Waals surface area contributed by atoms with Crippen LogP contribution in [0.5, 0.6) is 0 Å². The predicted octanol–water partition coefficient (Wildman–Crippen LogP) is 3.68. The highest BCUT2D eigenvalue weighted by Crippen LogP contribution is 2.35. The Hall–Kier alpha value is -0.320. The van der Waals surface area contributed by atoms with Crippen molar-refractivity contribution in [2.75, 3.05) is 13.1 Å². The molecule has 0 N–H and O–H groups in total. The molecule has 1 heterocycles. The van der Waals surface area contributed by atoms with Crippen molar-refractivity contribution in [1.82, 2.24) is 4.31 Å². The van der Waals surface area contributed by atoms with Crippen LogP contribution in [0, 0.1) is 17.2 Å². The normalized spacial score (nSPS) is 17.9. The Kier molecular flexibility index (Phi) is 4.98. The summed E-state index contributed by atoms with van der Waals surface area (Å²) >= 11 is 15.3. The highest BCUT2D eigenvalue weighted by molar-refractivity contribution is 9.10. The van der Waals surface area contributed by atoms with Crippen molar-refractivity contribution in [2.45, 2.75) is 17.7 Å². The molecule has 0 saturated carbocycles. The molecule has 2 rings (SSSR count). The summed E-state index contributed by atoms with van der Waals surface area (Å²) in [7, 11) is -3.73. The molecule has 0 atom stereocenters. The number of hydrogen-bond acceptors (Lipinski definition) is 3. The highest BCUT2D eigenvalue weighted by Gasteiger charge is 2.32. The van der Waals surface area contributed by atoms with E-state index >= 15 is 0 Å². The summed E-state index contributed by atoms with van der Waals surface area (Å²) in [6.45, 7) is 0.618. The Labute approximate surface area is 136 Å². The van der Waals surface area contributed by atoms with Crippen molar-refractivity contribution in [2.24, 2.45) is 5.92 Å². The van der Waals surface area contributed by atoms with Crippen LogP contribution in [0.15, 0.2) is 21.5 Å². The first-order chi connectivity index (χ1) is 9.36. The van der Waals surface area contributed by atoms with Crippen LogP contribution < -0.4 is 0 Å². The third-order valence-corrected chi connectivity index (χ3v) is 6.48. The molecule has 0 aliphatic carbocycles. The maximum Gasteiger partial charge on any atom is 0.246 e. The summed E-state index contributed by atoms with van der Waals surface area (Å²) in [5, 5.41) is 9.03. The Bertz CT molecular complexity index is 642. The molecule has 4 nitrogen and oxygen atoms in total. The van der Waals surface area contributed by atoms with Crippen molar-refractivity contribution in [3.05, 3.63) is 26.7 Å². The molecule has 1 saturated heterocycles. The summed E-state index contributed by atoms with van der Waals surface area (Å²) in [6, 6.07) is 5.17. The van der Waals surface area contributed by atoms with Crippen LogP contribution in [0.25, 0.3) is 0 Å². The van der Waals surface area contributed by atoms with Gasteiger partial charge in [0.1, 0.15) is 4.90 Å². The van der Waals surface area contributed by atoms with Gasteiger partial charge in [0.15, 0.2) is 0 Å². The molecule has 0 aromatic heterocycles. The van der Waals surface area contributed by atoms with Crippen molar-refractivity contribution in [1.29, 1.82) is 5.26 Å².